The molecule has 0 aliphatic heterocycles. The maximum atomic E-state index is 13.3. The van der Waals surface area contributed by atoms with E-state index in [1.54, 1.807) is 26.4 Å². The molecule has 0 amide bonds. The van der Waals surface area contributed by atoms with E-state index in [1.807, 2.05) is 39.8 Å². The van der Waals surface area contributed by atoms with E-state index in [9.17, 15) is 4.79 Å². The van der Waals surface area contributed by atoms with Crippen LogP contribution in [0.1, 0.15) is 42.3 Å². The number of hydrogen-bond acceptors (Lipinski definition) is 9. The lowest BCUT2D eigenvalue weighted by Crippen LogP contribution is -2.29. The molecule has 0 bridgehead atoms. The second-order valence-electron chi connectivity index (χ2n) is 9.52. The number of aryl methyl sites for hydroxylation is 1. The molecule has 204 valence electrons. The van der Waals surface area contributed by atoms with Crippen LogP contribution in [0.3, 0.4) is 0 Å². The summed E-state index contributed by atoms with van der Waals surface area (Å²) in [5, 5.41) is 26.5. The number of carbonyl (C=O) groups is 1. The van der Waals surface area contributed by atoms with Gasteiger partial charge in [-0.15, -0.1) is 22.6 Å². The number of halogens is 1. The van der Waals surface area contributed by atoms with Crippen molar-refractivity contribution in [3.63, 3.8) is 0 Å². The third kappa shape index (κ3) is 7.51. The van der Waals surface area contributed by atoms with Gasteiger partial charge in [0.2, 0.25) is 11.5 Å². The fourth-order valence-electron chi connectivity index (χ4n) is 3.63. The highest BCUT2D eigenvalue weighted by Crippen LogP contribution is 2.28. The van der Waals surface area contributed by atoms with Crippen LogP contribution in [0.25, 0.3) is 5.65 Å². The lowest BCUT2D eigenvalue weighted by molar-refractivity contribution is 0.0214. The number of ketones is 1. The molecule has 0 aliphatic carbocycles. The molecule has 0 saturated heterocycles. The zero-order chi connectivity index (χ0) is 26.5. The number of benzene rings is 1. The van der Waals surface area contributed by atoms with Gasteiger partial charge in [-0.3, -0.25) is 10.2 Å². The first-order chi connectivity index (χ1) is 17.1. The van der Waals surface area contributed by atoms with E-state index >= 15 is 0 Å². The van der Waals surface area contributed by atoms with Gasteiger partial charge >= 0.3 is 0 Å². The Bertz CT molecular complexity index is 1260. The zero-order valence-corrected chi connectivity index (χ0v) is 22.9. The first-order valence-electron chi connectivity index (χ1n) is 11.7. The molecule has 3 rings (SSSR count). The Morgan fingerprint density at radius 3 is 2.38 bits per heavy atom. The number of Topliss-reactive ketones (excluding diaryl/α,β-unsaturated/α-hetero) is 1. The number of fused-ring (bicyclic) bond motifs is 1. The summed E-state index contributed by atoms with van der Waals surface area (Å²) in [4.78, 5) is 13.3. The number of nitrogens with zero attached hydrogens (tertiary/aromatic N) is 4. The number of aromatic nitrogens is 4. The molecule has 0 saturated carbocycles. The monoisotopic (exact) mass is 537 g/mol. The Morgan fingerprint density at radius 1 is 1.11 bits per heavy atom. The van der Waals surface area contributed by atoms with Gasteiger partial charge in [0.15, 0.2) is 11.4 Å². The van der Waals surface area contributed by atoms with Crippen LogP contribution in [-0.4, -0.2) is 77.0 Å². The van der Waals surface area contributed by atoms with Gasteiger partial charge in [0, 0.05) is 31.4 Å². The van der Waals surface area contributed by atoms with Crippen molar-refractivity contribution >= 4 is 23.8 Å². The molecule has 0 atom stereocenters. The Labute approximate surface area is 222 Å². The van der Waals surface area contributed by atoms with Gasteiger partial charge in [-0.05, 0) is 36.1 Å². The lowest BCUT2D eigenvalue weighted by atomic mass is 9.85. The molecule has 12 heteroatoms. The maximum absolute atomic E-state index is 13.3. The molecule has 2 heterocycles. The smallest absolute Gasteiger partial charge is 0.242 e. The van der Waals surface area contributed by atoms with Gasteiger partial charge in [-0.1, -0.05) is 20.8 Å². The average Bonchev–Trinajstić information content (AvgIpc) is 3.13. The summed E-state index contributed by atoms with van der Waals surface area (Å²) in [6.45, 7) is 8.45. The molecule has 2 N–H and O–H groups in total. The van der Waals surface area contributed by atoms with Crippen molar-refractivity contribution in [1.82, 2.24) is 19.4 Å². The van der Waals surface area contributed by atoms with E-state index in [4.69, 9.17) is 29.5 Å². The van der Waals surface area contributed by atoms with Gasteiger partial charge < -0.3 is 24.1 Å². The van der Waals surface area contributed by atoms with Gasteiger partial charge in [0.05, 0.1) is 19.8 Å². The molecule has 0 unspecified atom stereocenters. The van der Waals surface area contributed by atoms with Gasteiger partial charge in [0.1, 0.15) is 25.0 Å². The van der Waals surface area contributed by atoms with Crippen molar-refractivity contribution in [3.05, 3.63) is 46.6 Å². The van der Waals surface area contributed by atoms with Crippen LogP contribution in [0, 0.1) is 12.3 Å². The molecular weight excluding hydrogens is 502 g/mol. The van der Waals surface area contributed by atoms with Crippen LogP contribution >= 0.6 is 12.4 Å². The molecule has 11 nitrogen and oxygen atoms in total. The number of carbonyl (C=O) groups excluding carboxylic acids is 1. The lowest BCUT2D eigenvalue weighted by Gasteiger charge is -2.21. The molecule has 0 fully saturated rings. The minimum Gasteiger partial charge on any atom is -0.491 e. The molecular formula is C25H36ClN5O6. The third-order valence-electron chi connectivity index (χ3n) is 5.49. The summed E-state index contributed by atoms with van der Waals surface area (Å²) in [5.74, 6) is 0.574. The second-order valence-corrected chi connectivity index (χ2v) is 9.52. The van der Waals surface area contributed by atoms with Crippen molar-refractivity contribution in [2.45, 2.75) is 45.8 Å². The van der Waals surface area contributed by atoms with Crippen LogP contribution in [0.15, 0.2) is 24.3 Å². The number of aliphatic hydroxyl groups excluding tert-OH is 1. The average molecular weight is 538 g/mol. The van der Waals surface area contributed by atoms with Crippen molar-refractivity contribution in [2.75, 3.05) is 40.6 Å². The van der Waals surface area contributed by atoms with E-state index in [1.165, 1.54) is 9.20 Å². The van der Waals surface area contributed by atoms with Gasteiger partial charge in [-0.25, -0.2) is 4.68 Å². The highest BCUT2D eigenvalue weighted by molar-refractivity contribution is 5.96. The summed E-state index contributed by atoms with van der Waals surface area (Å²) in [7, 11) is 3.15. The van der Waals surface area contributed by atoms with Crippen LogP contribution < -0.4 is 15.1 Å². The molecule has 0 radical (unpaired) electrons. The number of methoxy groups -OCH3 is 2. The fourth-order valence-corrected chi connectivity index (χ4v) is 3.63. The predicted octanol–water partition coefficient (Wildman–Crippen LogP) is 2.33. The standard InChI is InChI=1S/C25H35N5O6.ClH/c1-16-9-22(36-20(14-33-5)15-34-6)27-30-23(16)28-29(24(30)26)13-21(32)17-10-18(25(2,3)4)12-19(11-17)35-8-7-31;/h9-12,20,26,31H,7-8,13-15H2,1-6H3;1H. The summed E-state index contributed by atoms with van der Waals surface area (Å²) in [6.07, 6.45) is -0.368. The van der Waals surface area contributed by atoms with Gasteiger partial charge in [-0.2, -0.15) is 4.52 Å². The summed E-state index contributed by atoms with van der Waals surface area (Å²) in [6, 6.07) is 7.07. The van der Waals surface area contributed by atoms with Crippen molar-refractivity contribution in [1.29, 1.82) is 5.41 Å². The van der Waals surface area contributed by atoms with E-state index < -0.39 is 0 Å². The first kappa shape index (κ1) is 30.2. The maximum Gasteiger partial charge on any atom is 0.242 e. The third-order valence-corrected chi connectivity index (χ3v) is 5.49. The normalized spacial score (nSPS) is 11.6. The van der Waals surface area contributed by atoms with Gasteiger partial charge in [0.25, 0.3) is 0 Å². The van der Waals surface area contributed by atoms with Crippen molar-refractivity contribution < 1.29 is 28.8 Å². The van der Waals surface area contributed by atoms with E-state index in [0.29, 0.717) is 36.1 Å². The van der Waals surface area contributed by atoms with E-state index in [-0.39, 0.29) is 55.1 Å². The first-order valence-corrected chi connectivity index (χ1v) is 11.7. The van der Waals surface area contributed by atoms with Crippen molar-refractivity contribution in [3.8, 4) is 11.6 Å². The van der Waals surface area contributed by atoms with Crippen LogP contribution in [0.2, 0.25) is 0 Å². The molecule has 0 spiro atoms. The summed E-state index contributed by atoms with van der Waals surface area (Å²) < 4.78 is 24.5. The van der Waals surface area contributed by atoms with Crippen molar-refractivity contribution in [2.24, 2.45) is 0 Å². The van der Waals surface area contributed by atoms with E-state index in [0.717, 1.165) is 11.1 Å². The predicted molar refractivity (Wildman–Crippen MR) is 139 cm³/mol. The van der Waals surface area contributed by atoms with Crippen LogP contribution in [0.5, 0.6) is 11.6 Å². The number of ether oxygens (including phenoxy) is 4. The molecule has 2 aromatic heterocycles. The Hall–Kier alpha value is -2.99. The SMILES string of the molecule is COCC(COC)Oc1cc(C)c2nn(CC(=O)c3cc(OCCO)cc(C(C)(C)C)c3)c(=N)n2n1.Cl. The minimum atomic E-state index is -0.368. The highest BCUT2D eigenvalue weighted by Gasteiger charge is 2.20. The highest BCUT2D eigenvalue weighted by atomic mass is 35.5. The van der Waals surface area contributed by atoms with Crippen LogP contribution in [-0.2, 0) is 21.4 Å². The topological polar surface area (TPSA) is 133 Å². The number of aliphatic hydroxyl groups is 1. The molecule has 3 aromatic rings. The molecule has 37 heavy (non-hydrogen) atoms. The number of rotatable bonds is 12. The summed E-state index contributed by atoms with van der Waals surface area (Å²) in [5.41, 5.74) is 2.27. The second kappa shape index (κ2) is 13.0. The number of hydrogen-bond donors (Lipinski definition) is 2. The Kier molecular flexibility index (Phi) is 10.6. The minimum absolute atomic E-state index is 0. The Balaban J connectivity index is 0.00000481. The zero-order valence-electron chi connectivity index (χ0n) is 22.1. The Morgan fingerprint density at radius 2 is 1.78 bits per heavy atom. The number of nitrogens with one attached hydrogen (secondary N) is 1. The van der Waals surface area contributed by atoms with Crippen LogP contribution in [0.4, 0.5) is 0 Å². The molecule has 1 aromatic carbocycles. The fraction of sp³-hybridized carbons (Fsp3) is 0.520. The molecule has 0 aliphatic rings. The quantitative estimate of drug-likeness (QED) is 0.336. The summed E-state index contributed by atoms with van der Waals surface area (Å²) >= 11 is 0. The largest absolute Gasteiger partial charge is 0.491 e. The van der Waals surface area contributed by atoms with E-state index in [2.05, 4.69) is 10.2 Å².